The first-order valence-electron chi connectivity index (χ1n) is 3.60. The summed E-state index contributed by atoms with van der Waals surface area (Å²) < 4.78 is 0. The van der Waals surface area contributed by atoms with Crippen LogP contribution in [0.2, 0.25) is 0 Å². The summed E-state index contributed by atoms with van der Waals surface area (Å²) in [7, 11) is 0. The second-order valence-corrected chi connectivity index (χ2v) is 2.35. The number of allylic oxidation sites excluding steroid dienone is 4. The number of carbonyl (C=O) groups is 2. The third-order valence-electron chi connectivity index (χ3n) is 1.30. The minimum Gasteiger partial charge on any atom is -0.294 e. The fourth-order valence-corrected chi connectivity index (χ4v) is 0.675. The molecule has 0 atom stereocenters. The van der Waals surface area contributed by atoms with Crippen molar-refractivity contribution in [1.29, 1.82) is 0 Å². The van der Waals surface area contributed by atoms with E-state index in [-0.39, 0.29) is 18.0 Å². The third-order valence-corrected chi connectivity index (χ3v) is 1.30. The zero-order valence-corrected chi connectivity index (χ0v) is 7.17. The van der Waals surface area contributed by atoms with Crippen molar-refractivity contribution in [2.45, 2.75) is 13.3 Å². The molecule has 0 spiro atoms. The van der Waals surface area contributed by atoms with E-state index in [0.717, 1.165) is 0 Å². The Bertz CT molecular complexity index is 247. The Morgan fingerprint density at radius 1 is 1.33 bits per heavy atom. The van der Waals surface area contributed by atoms with Crippen LogP contribution in [0.15, 0.2) is 37.0 Å². The van der Waals surface area contributed by atoms with E-state index in [1.165, 1.54) is 18.2 Å². The van der Waals surface area contributed by atoms with E-state index in [1.54, 1.807) is 6.92 Å². The molecule has 12 heavy (non-hydrogen) atoms. The summed E-state index contributed by atoms with van der Waals surface area (Å²) in [6.07, 6.45) is 4.27. The highest BCUT2D eigenvalue weighted by atomic mass is 16.1. The topological polar surface area (TPSA) is 34.1 Å². The normalized spacial score (nSPS) is 10.6. The van der Waals surface area contributed by atoms with Crippen molar-refractivity contribution in [2.24, 2.45) is 0 Å². The van der Waals surface area contributed by atoms with Crippen LogP contribution in [0, 0.1) is 0 Å². The van der Waals surface area contributed by atoms with E-state index >= 15 is 0 Å². The molecule has 0 aliphatic carbocycles. The van der Waals surface area contributed by atoms with Gasteiger partial charge in [-0.05, 0) is 24.6 Å². The summed E-state index contributed by atoms with van der Waals surface area (Å²) in [6.45, 7) is 8.32. The molecule has 0 saturated heterocycles. The second kappa shape index (κ2) is 5.24. The summed E-state index contributed by atoms with van der Waals surface area (Å²) in [6, 6.07) is 0. The van der Waals surface area contributed by atoms with E-state index < -0.39 is 0 Å². The first-order chi connectivity index (χ1) is 5.61. The van der Waals surface area contributed by atoms with Gasteiger partial charge in [0, 0.05) is 6.42 Å². The quantitative estimate of drug-likeness (QED) is 0.459. The maximum Gasteiger partial charge on any atom is 0.181 e. The standard InChI is InChI=1S/C10H12O2/c1-4-6-9(11)7-8(3)10(12)5-2/h4-5,7H,1-2,6H2,3H3. The lowest BCUT2D eigenvalue weighted by Crippen LogP contribution is -1.98. The molecule has 0 fully saturated rings. The van der Waals surface area contributed by atoms with E-state index in [0.29, 0.717) is 5.57 Å². The van der Waals surface area contributed by atoms with Crippen LogP contribution in [-0.2, 0) is 9.59 Å². The molecule has 0 bridgehead atoms. The molecule has 0 N–H and O–H groups in total. The lowest BCUT2D eigenvalue weighted by atomic mass is 10.1. The molecule has 64 valence electrons. The smallest absolute Gasteiger partial charge is 0.181 e. The van der Waals surface area contributed by atoms with Crippen LogP contribution in [0.5, 0.6) is 0 Å². The molecule has 0 saturated carbocycles. The zero-order chi connectivity index (χ0) is 9.56. The van der Waals surface area contributed by atoms with Crippen LogP contribution in [0.1, 0.15) is 13.3 Å². The van der Waals surface area contributed by atoms with Gasteiger partial charge in [0.15, 0.2) is 11.6 Å². The average molecular weight is 164 g/mol. The molecule has 0 aromatic carbocycles. The summed E-state index contributed by atoms with van der Waals surface area (Å²) in [5, 5.41) is 0. The molecule has 0 aromatic heterocycles. The first-order valence-corrected chi connectivity index (χ1v) is 3.60. The summed E-state index contributed by atoms with van der Waals surface area (Å²) >= 11 is 0. The Morgan fingerprint density at radius 3 is 2.33 bits per heavy atom. The Morgan fingerprint density at radius 2 is 1.92 bits per heavy atom. The lowest BCUT2D eigenvalue weighted by Gasteiger charge is -1.92. The third kappa shape index (κ3) is 3.66. The largest absolute Gasteiger partial charge is 0.294 e. The van der Waals surface area contributed by atoms with Crippen molar-refractivity contribution in [3.8, 4) is 0 Å². The van der Waals surface area contributed by atoms with Crippen LogP contribution in [-0.4, -0.2) is 11.6 Å². The maximum atomic E-state index is 10.9. The van der Waals surface area contributed by atoms with Gasteiger partial charge in [-0.2, -0.15) is 0 Å². The van der Waals surface area contributed by atoms with Crippen molar-refractivity contribution < 1.29 is 9.59 Å². The molecular weight excluding hydrogens is 152 g/mol. The molecule has 0 rings (SSSR count). The van der Waals surface area contributed by atoms with E-state index in [4.69, 9.17) is 0 Å². The van der Waals surface area contributed by atoms with Gasteiger partial charge in [-0.25, -0.2) is 0 Å². The van der Waals surface area contributed by atoms with Gasteiger partial charge >= 0.3 is 0 Å². The number of hydrogen-bond donors (Lipinski definition) is 0. The van der Waals surface area contributed by atoms with Crippen molar-refractivity contribution in [3.63, 3.8) is 0 Å². The summed E-state index contributed by atoms with van der Waals surface area (Å²) in [5.74, 6) is -0.329. The highest BCUT2D eigenvalue weighted by molar-refractivity contribution is 6.07. The van der Waals surface area contributed by atoms with Gasteiger partial charge in [-0.15, -0.1) is 6.58 Å². The first kappa shape index (κ1) is 10.6. The fourth-order valence-electron chi connectivity index (χ4n) is 0.675. The molecule has 2 nitrogen and oxygen atoms in total. The van der Waals surface area contributed by atoms with Gasteiger partial charge in [0.25, 0.3) is 0 Å². The monoisotopic (exact) mass is 164 g/mol. The van der Waals surface area contributed by atoms with Crippen molar-refractivity contribution >= 4 is 11.6 Å². The number of carbonyl (C=O) groups excluding carboxylic acids is 2. The Labute approximate surface area is 72.3 Å². The van der Waals surface area contributed by atoms with Gasteiger partial charge in [-0.1, -0.05) is 12.7 Å². The molecule has 0 aliphatic heterocycles. The second-order valence-electron chi connectivity index (χ2n) is 2.35. The molecule has 0 heterocycles. The van der Waals surface area contributed by atoms with E-state index in [1.807, 2.05) is 0 Å². The predicted octanol–water partition coefficient (Wildman–Crippen LogP) is 1.83. The van der Waals surface area contributed by atoms with E-state index in [2.05, 4.69) is 13.2 Å². The molecule has 0 amide bonds. The van der Waals surface area contributed by atoms with Crippen molar-refractivity contribution in [1.82, 2.24) is 0 Å². The van der Waals surface area contributed by atoms with Crippen LogP contribution in [0.3, 0.4) is 0 Å². The van der Waals surface area contributed by atoms with E-state index in [9.17, 15) is 9.59 Å². The molecular formula is C10H12O2. The van der Waals surface area contributed by atoms with Gasteiger partial charge < -0.3 is 0 Å². The minimum atomic E-state index is -0.215. The minimum absolute atomic E-state index is 0.113. The van der Waals surface area contributed by atoms with Crippen molar-refractivity contribution in [2.75, 3.05) is 0 Å². The predicted molar refractivity (Wildman–Crippen MR) is 48.8 cm³/mol. The Kier molecular flexibility index (Phi) is 4.61. The molecule has 0 radical (unpaired) electrons. The average Bonchev–Trinajstić information content (AvgIpc) is 2.03. The zero-order valence-electron chi connectivity index (χ0n) is 7.17. The molecule has 2 heteroatoms. The Balaban J connectivity index is 4.34. The van der Waals surface area contributed by atoms with Crippen LogP contribution in [0.4, 0.5) is 0 Å². The number of ketones is 2. The summed E-state index contributed by atoms with van der Waals surface area (Å²) in [4.78, 5) is 21.8. The van der Waals surface area contributed by atoms with Crippen LogP contribution >= 0.6 is 0 Å². The molecule has 0 unspecified atom stereocenters. The van der Waals surface area contributed by atoms with Gasteiger partial charge in [0.2, 0.25) is 0 Å². The molecule has 0 aromatic rings. The summed E-state index contributed by atoms with van der Waals surface area (Å²) in [5.41, 5.74) is 0.414. The van der Waals surface area contributed by atoms with Crippen molar-refractivity contribution in [3.05, 3.63) is 37.0 Å². The SMILES string of the molecule is C=CCC(=O)C=C(C)C(=O)C=C. The molecule has 0 aliphatic rings. The van der Waals surface area contributed by atoms with Crippen LogP contribution in [0.25, 0.3) is 0 Å². The Hall–Kier alpha value is -1.44. The van der Waals surface area contributed by atoms with Gasteiger partial charge in [-0.3, -0.25) is 9.59 Å². The fraction of sp³-hybridized carbons (Fsp3) is 0.200. The number of hydrogen-bond acceptors (Lipinski definition) is 2. The maximum absolute atomic E-state index is 10.9. The highest BCUT2D eigenvalue weighted by Gasteiger charge is 2.00. The lowest BCUT2D eigenvalue weighted by molar-refractivity contribution is -0.115. The van der Waals surface area contributed by atoms with Gasteiger partial charge in [0.05, 0.1) is 0 Å². The van der Waals surface area contributed by atoms with Crippen LogP contribution < -0.4 is 0 Å². The highest BCUT2D eigenvalue weighted by Crippen LogP contribution is 1.97. The van der Waals surface area contributed by atoms with Gasteiger partial charge in [0.1, 0.15) is 0 Å². The number of rotatable bonds is 5.